The van der Waals surface area contributed by atoms with Crippen LogP contribution in [-0.4, -0.2) is 4.57 Å². The molecule has 0 saturated heterocycles. The zero-order chi connectivity index (χ0) is 14.3. The molecule has 3 rings (SSSR count). The summed E-state index contributed by atoms with van der Waals surface area (Å²) in [6.45, 7) is 7.53. The summed E-state index contributed by atoms with van der Waals surface area (Å²) in [5.41, 5.74) is 2.32. The highest BCUT2D eigenvalue weighted by Crippen LogP contribution is 2.24. The summed E-state index contributed by atoms with van der Waals surface area (Å²) in [6.07, 6.45) is 0. The summed E-state index contributed by atoms with van der Waals surface area (Å²) in [7, 11) is 0. The highest BCUT2D eigenvalue weighted by molar-refractivity contribution is 5.93. The maximum atomic E-state index is 12.6. The molecule has 0 saturated carbocycles. The maximum absolute atomic E-state index is 12.6. The second-order valence-electron chi connectivity index (χ2n) is 6.51. The Kier molecular flexibility index (Phi) is 2.89. The van der Waals surface area contributed by atoms with Gasteiger partial charge in [0.1, 0.15) is 0 Å². The standard InChI is InChI=1S/C18H19NO/c1-18(2,3)12-19-15-10-6-4-8-13(15)17(20)14-9-5-7-11-16(14)19/h4-11H,12H2,1-3H3. The quantitative estimate of drug-likeness (QED) is 0.604. The molecule has 0 aliphatic rings. The van der Waals surface area contributed by atoms with Crippen LogP contribution in [0.2, 0.25) is 0 Å². The van der Waals surface area contributed by atoms with E-state index in [1.54, 1.807) is 0 Å². The summed E-state index contributed by atoms with van der Waals surface area (Å²) < 4.78 is 2.27. The first-order valence-electron chi connectivity index (χ1n) is 6.98. The molecule has 102 valence electrons. The molecule has 0 fully saturated rings. The number of rotatable bonds is 1. The van der Waals surface area contributed by atoms with Crippen LogP contribution in [0.15, 0.2) is 53.3 Å². The zero-order valence-corrected chi connectivity index (χ0v) is 12.2. The van der Waals surface area contributed by atoms with Gasteiger partial charge < -0.3 is 4.57 Å². The molecule has 0 N–H and O–H groups in total. The highest BCUT2D eigenvalue weighted by Gasteiger charge is 2.16. The SMILES string of the molecule is CC(C)(C)Cn1c2ccccc2c(=O)c2ccccc21. The van der Waals surface area contributed by atoms with Crippen molar-refractivity contribution in [2.75, 3.05) is 0 Å². The van der Waals surface area contributed by atoms with Gasteiger partial charge in [-0.15, -0.1) is 0 Å². The fourth-order valence-electron chi connectivity index (χ4n) is 2.72. The molecule has 0 bridgehead atoms. The smallest absolute Gasteiger partial charge is 0.197 e. The second kappa shape index (κ2) is 4.48. The molecular formula is C18H19NO. The van der Waals surface area contributed by atoms with E-state index in [0.717, 1.165) is 28.4 Å². The molecule has 0 aliphatic heterocycles. The zero-order valence-electron chi connectivity index (χ0n) is 12.2. The third-order valence-corrected chi connectivity index (χ3v) is 3.51. The Morgan fingerprint density at radius 3 is 1.75 bits per heavy atom. The van der Waals surface area contributed by atoms with Gasteiger partial charge in [0, 0.05) is 17.3 Å². The first-order chi connectivity index (χ1) is 9.47. The maximum Gasteiger partial charge on any atom is 0.197 e. The van der Waals surface area contributed by atoms with E-state index in [4.69, 9.17) is 0 Å². The lowest BCUT2D eigenvalue weighted by Crippen LogP contribution is -2.19. The minimum Gasteiger partial charge on any atom is -0.340 e. The van der Waals surface area contributed by atoms with Gasteiger partial charge in [0.25, 0.3) is 0 Å². The fraction of sp³-hybridized carbons (Fsp3) is 0.278. The van der Waals surface area contributed by atoms with Crippen LogP contribution in [0.1, 0.15) is 20.8 Å². The largest absolute Gasteiger partial charge is 0.340 e. The molecule has 0 spiro atoms. The lowest BCUT2D eigenvalue weighted by Gasteiger charge is -2.24. The monoisotopic (exact) mass is 265 g/mol. The van der Waals surface area contributed by atoms with Crippen molar-refractivity contribution in [3.8, 4) is 0 Å². The number of nitrogens with zero attached hydrogens (tertiary/aromatic N) is 1. The van der Waals surface area contributed by atoms with Gasteiger partial charge >= 0.3 is 0 Å². The first kappa shape index (κ1) is 12.9. The first-order valence-corrected chi connectivity index (χ1v) is 6.98. The lowest BCUT2D eigenvalue weighted by molar-refractivity contribution is 0.353. The highest BCUT2D eigenvalue weighted by atomic mass is 16.1. The topological polar surface area (TPSA) is 22.0 Å². The molecule has 0 aliphatic carbocycles. The Balaban J connectivity index is 2.50. The molecule has 0 unspecified atom stereocenters. The van der Waals surface area contributed by atoms with E-state index in [2.05, 4.69) is 25.3 Å². The predicted molar refractivity (Wildman–Crippen MR) is 85.2 cm³/mol. The van der Waals surface area contributed by atoms with Gasteiger partial charge in [-0.2, -0.15) is 0 Å². The van der Waals surface area contributed by atoms with E-state index in [-0.39, 0.29) is 10.8 Å². The number of hydrogen-bond acceptors (Lipinski definition) is 1. The van der Waals surface area contributed by atoms with Gasteiger partial charge in [-0.25, -0.2) is 0 Å². The van der Waals surface area contributed by atoms with E-state index >= 15 is 0 Å². The van der Waals surface area contributed by atoms with Gasteiger partial charge in [-0.05, 0) is 29.7 Å². The number of fused-ring (bicyclic) bond motifs is 2. The molecule has 3 aromatic rings. The molecule has 2 aromatic carbocycles. The van der Waals surface area contributed by atoms with Crippen molar-refractivity contribution in [2.45, 2.75) is 27.3 Å². The Labute approximate surface area is 118 Å². The normalized spacial score (nSPS) is 12.2. The van der Waals surface area contributed by atoms with Crippen molar-refractivity contribution >= 4 is 21.8 Å². The number of pyridine rings is 1. The van der Waals surface area contributed by atoms with Crippen molar-refractivity contribution in [1.29, 1.82) is 0 Å². The number of para-hydroxylation sites is 2. The molecule has 2 nitrogen and oxygen atoms in total. The van der Waals surface area contributed by atoms with Crippen molar-refractivity contribution in [2.24, 2.45) is 5.41 Å². The Bertz CT molecular complexity index is 777. The van der Waals surface area contributed by atoms with Gasteiger partial charge in [0.15, 0.2) is 5.43 Å². The summed E-state index contributed by atoms with van der Waals surface area (Å²) >= 11 is 0. The molecule has 0 amide bonds. The van der Waals surface area contributed by atoms with Crippen LogP contribution in [0.5, 0.6) is 0 Å². The Morgan fingerprint density at radius 2 is 1.30 bits per heavy atom. The third kappa shape index (κ3) is 2.11. The van der Waals surface area contributed by atoms with E-state index < -0.39 is 0 Å². The predicted octanol–water partition coefficient (Wildman–Crippen LogP) is 4.20. The van der Waals surface area contributed by atoms with Crippen LogP contribution in [0.4, 0.5) is 0 Å². The summed E-state index contributed by atoms with van der Waals surface area (Å²) in [6, 6.07) is 15.8. The number of aromatic nitrogens is 1. The third-order valence-electron chi connectivity index (χ3n) is 3.51. The number of benzene rings is 2. The van der Waals surface area contributed by atoms with Crippen molar-refractivity contribution in [3.63, 3.8) is 0 Å². The van der Waals surface area contributed by atoms with Crippen LogP contribution >= 0.6 is 0 Å². The van der Waals surface area contributed by atoms with Crippen LogP contribution < -0.4 is 5.43 Å². The van der Waals surface area contributed by atoms with Crippen LogP contribution in [0.25, 0.3) is 21.8 Å². The average molecular weight is 265 g/mol. The molecule has 0 atom stereocenters. The van der Waals surface area contributed by atoms with Crippen LogP contribution in [0.3, 0.4) is 0 Å². The summed E-state index contributed by atoms with van der Waals surface area (Å²) in [4.78, 5) is 12.6. The average Bonchev–Trinajstić information content (AvgIpc) is 2.42. The molecule has 1 aromatic heterocycles. The second-order valence-corrected chi connectivity index (χ2v) is 6.51. The molecule has 2 heteroatoms. The van der Waals surface area contributed by atoms with Crippen molar-refractivity contribution < 1.29 is 0 Å². The molecular weight excluding hydrogens is 246 g/mol. The van der Waals surface area contributed by atoms with E-state index in [0.29, 0.717) is 0 Å². The van der Waals surface area contributed by atoms with E-state index in [1.165, 1.54) is 0 Å². The van der Waals surface area contributed by atoms with Gasteiger partial charge in [-0.1, -0.05) is 45.0 Å². The Morgan fingerprint density at radius 1 is 0.850 bits per heavy atom. The van der Waals surface area contributed by atoms with Crippen molar-refractivity contribution in [3.05, 3.63) is 58.8 Å². The summed E-state index contributed by atoms with van der Waals surface area (Å²) in [5.74, 6) is 0. The van der Waals surface area contributed by atoms with Crippen LogP contribution in [-0.2, 0) is 6.54 Å². The summed E-state index contributed by atoms with van der Waals surface area (Å²) in [5, 5.41) is 1.60. The fourth-order valence-corrected chi connectivity index (χ4v) is 2.72. The number of hydrogen-bond donors (Lipinski definition) is 0. The molecule has 0 radical (unpaired) electrons. The van der Waals surface area contributed by atoms with Crippen LogP contribution in [0, 0.1) is 5.41 Å². The van der Waals surface area contributed by atoms with E-state index in [1.807, 2.05) is 48.5 Å². The van der Waals surface area contributed by atoms with Gasteiger partial charge in [-0.3, -0.25) is 4.79 Å². The minimum absolute atomic E-state index is 0.126. The van der Waals surface area contributed by atoms with Crippen molar-refractivity contribution in [1.82, 2.24) is 4.57 Å². The minimum atomic E-state index is 0.126. The van der Waals surface area contributed by atoms with Gasteiger partial charge in [0.2, 0.25) is 0 Å². The molecule has 1 heterocycles. The Hall–Kier alpha value is -2.09. The van der Waals surface area contributed by atoms with Gasteiger partial charge in [0.05, 0.1) is 11.0 Å². The molecule has 20 heavy (non-hydrogen) atoms. The lowest BCUT2D eigenvalue weighted by atomic mass is 9.96. The van der Waals surface area contributed by atoms with E-state index in [9.17, 15) is 4.79 Å².